The van der Waals surface area contributed by atoms with E-state index in [9.17, 15) is 0 Å². The van der Waals surface area contributed by atoms with Gasteiger partial charge in [0, 0.05) is 53.4 Å². The molecule has 0 amide bonds. The number of benzene rings is 1. The van der Waals surface area contributed by atoms with Crippen LogP contribution in [0.25, 0.3) is 10.8 Å². The van der Waals surface area contributed by atoms with Crippen molar-refractivity contribution >= 4 is 34.1 Å². The van der Waals surface area contributed by atoms with E-state index in [-0.39, 0.29) is 0 Å². The summed E-state index contributed by atoms with van der Waals surface area (Å²) in [6.07, 6.45) is 9.92. The molecule has 5 heteroatoms. The summed E-state index contributed by atoms with van der Waals surface area (Å²) in [5.74, 6) is 0. The lowest BCUT2D eigenvalue weighted by Crippen LogP contribution is -2.36. The lowest BCUT2D eigenvalue weighted by atomic mass is 10.1. The average molecular weight is 370 g/mol. The number of nitrogens with zero attached hydrogens (tertiary/aromatic N) is 3. The van der Waals surface area contributed by atoms with Gasteiger partial charge < -0.3 is 0 Å². The van der Waals surface area contributed by atoms with E-state index < -0.39 is 0 Å². The molecular weight excluding hydrogens is 350 g/mol. The molecule has 1 aromatic carbocycles. The van der Waals surface area contributed by atoms with Gasteiger partial charge in [-0.3, -0.25) is 14.9 Å². The number of halogens is 1. The van der Waals surface area contributed by atoms with E-state index in [0.29, 0.717) is 5.25 Å². The number of likely N-dealkylation sites (tertiary alicyclic amines) is 1. The van der Waals surface area contributed by atoms with Gasteiger partial charge in [0.2, 0.25) is 0 Å². The van der Waals surface area contributed by atoms with Gasteiger partial charge in [-0.1, -0.05) is 11.6 Å². The number of pyridine rings is 2. The van der Waals surface area contributed by atoms with Gasteiger partial charge >= 0.3 is 0 Å². The van der Waals surface area contributed by atoms with Crippen LogP contribution in [-0.4, -0.2) is 33.2 Å². The fraction of sp³-hybridized carbons (Fsp3) is 0.300. The second kappa shape index (κ2) is 7.73. The fourth-order valence-electron chi connectivity index (χ4n) is 3.36. The first kappa shape index (κ1) is 16.8. The second-order valence-corrected chi connectivity index (χ2v) is 8.23. The molecule has 0 saturated carbocycles. The van der Waals surface area contributed by atoms with Gasteiger partial charge in [-0.25, -0.2) is 0 Å². The van der Waals surface area contributed by atoms with Crippen LogP contribution >= 0.6 is 23.4 Å². The van der Waals surface area contributed by atoms with Crippen molar-refractivity contribution in [3.8, 4) is 0 Å². The highest BCUT2D eigenvalue weighted by molar-refractivity contribution is 8.00. The van der Waals surface area contributed by atoms with Crippen LogP contribution in [0.5, 0.6) is 0 Å². The molecule has 128 valence electrons. The third-order valence-corrected chi connectivity index (χ3v) is 6.34. The monoisotopic (exact) mass is 369 g/mol. The third kappa shape index (κ3) is 4.14. The molecular formula is C20H20ClN3S. The standard InChI is InChI=1S/C20H20ClN3S/c21-19-10-17-12-23-8-5-16(17)11-20(19)25-18-2-1-9-24(14-18)13-15-3-6-22-7-4-15/h3-8,10-12,18H,1-2,9,13-14H2. The van der Waals surface area contributed by atoms with E-state index >= 15 is 0 Å². The van der Waals surface area contributed by atoms with Gasteiger partial charge in [0.05, 0.1) is 5.02 Å². The molecule has 1 aliphatic heterocycles. The molecule has 0 N–H and O–H groups in total. The highest BCUT2D eigenvalue weighted by atomic mass is 35.5. The zero-order valence-corrected chi connectivity index (χ0v) is 15.5. The van der Waals surface area contributed by atoms with Crippen molar-refractivity contribution in [3.05, 3.63) is 65.7 Å². The van der Waals surface area contributed by atoms with Gasteiger partial charge in [-0.15, -0.1) is 11.8 Å². The fourth-order valence-corrected chi connectivity index (χ4v) is 4.96. The lowest BCUT2D eigenvalue weighted by molar-refractivity contribution is 0.226. The minimum Gasteiger partial charge on any atom is -0.298 e. The third-order valence-electron chi connectivity index (χ3n) is 4.60. The number of fused-ring (bicyclic) bond motifs is 1. The average Bonchev–Trinajstić information content (AvgIpc) is 2.63. The lowest BCUT2D eigenvalue weighted by Gasteiger charge is -2.32. The second-order valence-electron chi connectivity index (χ2n) is 6.48. The van der Waals surface area contributed by atoms with Crippen LogP contribution in [0.1, 0.15) is 18.4 Å². The van der Waals surface area contributed by atoms with Crippen molar-refractivity contribution in [2.45, 2.75) is 29.5 Å². The Morgan fingerprint density at radius 2 is 1.92 bits per heavy atom. The zero-order valence-electron chi connectivity index (χ0n) is 13.9. The molecule has 0 radical (unpaired) electrons. The Balaban J connectivity index is 1.46. The van der Waals surface area contributed by atoms with E-state index in [1.54, 1.807) is 0 Å². The SMILES string of the molecule is Clc1cc2cnccc2cc1SC1CCCN(Cc2ccncc2)C1. The molecule has 0 bridgehead atoms. The topological polar surface area (TPSA) is 29.0 Å². The number of hydrogen-bond acceptors (Lipinski definition) is 4. The van der Waals surface area contributed by atoms with Gasteiger partial charge in [0.15, 0.2) is 0 Å². The smallest absolute Gasteiger partial charge is 0.0548 e. The van der Waals surface area contributed by atoms with E-state index in [2.05, 4.69) is 33.1 Å². The van der Waals surface area contributed by atoms with Crippen molar-refractivity contribution < 1.29 is 0 Å². The van der Waals surface area contributed by atoms with E-state index in [1.165, 1.54) is 28.7 Å². The number of hydrogen-bond donors (Lipinski definition) is 0. The molecule has 3 aromatic rings. The first-order valence-corrected chi connectivity index (χ1v) is 9.85. The Hall–Kier alpha value is -1.62. The first-order valence-electron chi connectivity index (χ1n) is 8.59. The quantitative estimate of drug-likeness (QED) is 0.644. The van der Waals surface area contributed by atoms with Gasteiger partial charge in [-0.05, 0) is 60.7 Å². The van der Waals surface area contributed by atoms with E-state index in [0.717, 1.165) is 30.0 Å². The van der Waals surface area contributed by atoms with Crippen molar-refractivity contribution in [1.82, 2.24) is 14.9 Å². The van der Waals surface area contributed by atoms with Crippen LogP contribution in [-0.2, 0) is 6.54 Å². The number of thioether (sulfide) groups is 1. The molecule has 1 fully saturated rings. The summed E-state index contributed by atoms with van der Waals surface area (Å²) >= 11 is 8.43. The van der Waals surface area contributed by atoms with Gasteiger partial charge in [0.1, 0.15) is 0 Å². The predicted octanol–water partition coefficient (Wildman–Crippen LogP) is 5.04. The molecule has 0 aliphatic carbocycles. The summed E-state index contributed by atoms with van der Waals surface area (Å²) in [5.41, 5.74) is 1.33. The minimum atomic E-state index is 0.576. The molecule has 3 nitrogen and oxygen atoms in total. The summed E-state index contributed by atoms with van der Waals surface area (Å²) in [6, 6.07) is 10.5. The van der Waals surface area contributed by atoms with E-state index in [4.69, 9.17) is 11.6 Å². The maximum absolute atomic E-state index is 6.52. The maximum Gasteiger partial charge on any atom is 0.0548 e. The number of rotatable bonds is 4. The van der Waals surface area contributed by atoms with E-state index in [1.807, 2.05) is 48.7 Å². The Morgan fingerprint density at radius 3 is 2.80 bits per heavy atom. The zero-order chi connectivity index (χ0) is 17.1. The highest BCUT2D eigenvalue weighted by Crippen LogP contribution is 2.36. The molecule has 2 aromatic heterocycles. The summed E-state index contributed by atoms with van der Waals surface area (Å²) in [5, 5.41) is 3.70. The molecule has 1 saturated heterocycles. The van der Waals surface area contributed by atoms with Crippen LogP contribution in [0.4, 0.5) is 0 Å². The largest absolute Gasteiger partial charge is 0.298 e. The Bertz CT molecular complexity index is 856. The molecule has 0 spiro atoms. The molecule has 4 rings (SSSR count). The summed E-state index contributed by atoms with van der Waals surface area (Å²) < 4.78 is 0. The van der Waals surface area contributed by atoms with Crippen LogP contribution in [0.15, 0.2) is 60.0 Å². The Labute approximate surface area is 157 Å². The molecule has 25 heavy (non-hydrogen) atoms. The molecule has 3 heterocycles. The van der Waals surface area contributed by atoms with Crippen LogP contribution in [0, 0.1) is 0 Å². The normalized spacial score (nSPS) is 18.5. The highest BCUT2D eigenvalue weighted by Gasteiger charge is 2.22. The summed E-state index contributed by atoms with van der Waals surface area (Å²) in [6.45, 7) is 3.25. The van der Waals surface area contributed by atoms with Crippen LogP contribution in [0.3, 0.4) is 0 Å². The Morgan fingerprint density at radius 1 is 1.08 bits per heavy atom. The number of piperidine rings is 1. The minimum absolute atomic E-state index is 0.576. The summed E-state index contributed by atoms with van der Waals surface area (Å²) in [7, 11) is 0. The summed E-state index contributed by atoms with van der Waals surface area (Å²) in [4.78, 5) is 12.0. The van der Waals surface area contributed by atoms with Crippen LogP contribution in [0.2, 0.25) is 5.02 Å². The first-order chi connectivity index (χ1) is 12.3. The van der Waals surface area contributed by atoms with Crippen molar-refractivity contribution in [1.29, 1.82) is 0 Å². The predicted molar refractivity (Wildman–Crippen MR) is 105 cm³/mol. The molecule has 1 aliphatic rings. The van der Waals surface area contributed by atoms with Crippen molar-refractivity contribution in [3.63, 3.8) is 0 Å². The maximum atomic E-state index is 6.52. The van der Waals surface area contributed by atoms with Crippen molar-refractivity contribution in [2.24, 2.45) is 0 Å². The van der Waals surface area contributed by atoms with Crippen LogP contribution < -0.4 is 0 Å². The van der Waals surface area contributed by atoms with Gasteiger partial charge in [-0.2, -0.15) is 0 Å². The molecule has 1 atom stereocenters. The molecule has 1 unspecified atom stereocenters. The van der Waals surface area contributed by atoms with Gasteiger partial charge in [0.25, 0.3) is 0 Å². The number of aromatic nitrogens is 2. The Kier molecular flexibility index (Phi) is 5.20. The van der Waals surface area contributed by atoms with Crippen molar-refractivity contribution in [2.75, 3.05) is 13.1 Å².